The van der Waals surface area contributed by atoms with E-state index in [4.69, 9.17) is 4.74 Å². The Balaban J connectivity index is 2.22. The molecule has 0 saturated heterocycles. The van der Waals surface area contributed by atoms with Gasteiger partial charge in [0.2, 0.25) is 5.91 Å². The van der Waals surface area contributed by atoms with Gasteiger partial charge in [-0.25, -0.2) is 12.8 Å². The molecule has 0 aromatic heterocycles. The van der Waals surface area contributed by atoms with E-state index in [9.17, 15) is 22.4 Å². The number of sulfone groups is 1. The van der Waals surface area contributed by atoms with Crippen molar-refractivity contribution in [2.75, 3.05) is 24.4 Å². The van der Waals surface area contributed by atoms with Crippen LogP contribution in [0.1, 0.15) is 22.3 Å². The van der Waals surface area contributed by atoms with Crippen LogP contribution < -0.4 is 15.4 Å². The van der Waals surface area contributed by atoms with Crippen molar-refractivity contribution >= 4 is 27.3 Å². The van der Waals surface area contributed by atoms with Crippen molar-refractivity contribution < 1.29 is 27.1 Å². The van der Waals surface area contributed by atoms with E-state index in [2.05, 4.69) is 10.6 Å². The molecule has 2 aromatic carbocycles. The average Bonchev–Trinajstić information content (AvgIpc) is 2.66. The summed E-state index contributed by atoms with van der Waals surface area (Å²) < 4.78 is 42.0. The van der Waals surface area contributed by atoms with Gasteiger partial charge in [-0.3, -0.25) is 9.59 Å². The van der Waals surface area contributed by atoms with Gasteiger partial charge in [0.15, 0.2) is 0 Å². The predicted molar refractivity (Wildman–Crippen MR) is 108 cm³/mol. The Morgan fingerprint density at radius 2 is 1.86 bits per heavy atom. The zero-order valence-corrected chi connectivity index (χ0v) is 17.2. The van der Waals surface area contributed by atoms with Crippen LogP contribution in [0.5, 0.6) is 5.75 Å². The number of para-hydroxylation sites is 1. The van der Waals surface area contributed by atoms with Crippen molar-refractivity contribution in [2.45, 2.75) is 19.4 Å². The summed E-state index contributed by atoms with van der Waals surface area (Å²) in [6, 6.07) is 9.48. The fourth-order valence-corrected chi connectivity index (χ4v) is 3.23. The van der Waals surface area contributed by atoms with E-state index in [1.807, 2.05) is 0 Å². The van der Waals surface area contributed by atoms with E-state index >= 15 is 0 Å². The Bertz CT molecular complexity index is 1010. The monoisotopic (exact) mass is 422 g/mol. The molecule has 0 radical (unpaired) electrons. The van der Waals surface area contributed by atoms with Gasteiger partial charge in [0.25, 0.3) is 5.91 Å². The Labute approximate surface area is 169 Å². The zero-order chi connectivity index (χ0) is 21.6. The van der Waals surface area contributed by atoms with Crippen LogP contribution in [0.3, 0.4) is 0 Å². The number of aryl methyl sites for hydroxylation is 1. The summed E-state index contributed by atoms with van der Waals surface area (Å²) in [4.78, 5) is 25.3. The Kier molecular flexibility index (Phi) is 7.33. The van der Waals surface area contributed by atoms with Gasteiger partial charge < -0.3 is 15.4 Å². The molecule has 0 bridgehead atoms. The Morgan fingerprint density at radius 3 is 2.48 bits per heavy atom. The summed E-state index contributed by atoms with van der Waals surface area (Å²) in [6.07, 6.45) is 0.902. The van der Waals surface area contributed by atoms with Gasteiger partial charge in [-0.2, -0.15) is 0 Å². The molecule has 0 unspecified atom stereocenters. The lowest BCUT2D eigenvalue weighted by Crippen LogP contribution is -2.44. The molecular weight excluding hydrogens is 399 g/mol. The number of rotatable bonds is 8. The molecule has 0 aliphatic heterocycles. The van der Waals surface area contributed by atoms with Crippen LogP contribution in [-0.4, -0.2) is 45.4 Å². The summed E-state index contributed by atoms with van der Waals surface area (Å²) >= 11 is 0. The number of anilines is 1. The molecule has 0 fully saturated rings. The summed E-state index contributed by atoms with van der Waals surface area (Å²) in [5.41, 5.74) is 0.823. The van der Waals surface area contributed by atoms with Crippen LogP contribution >= 0.6 is 0 Å². The van der Waals surface area contributed by atoms with E-state index in [1.165, 1.54) is 25.3 Å². The van der Waals surface area contributed by atoms with E-state index in [-0.39, 0.29) is 23.4 Å². The van der Waals surface area contributed by atoms with Crippen LogP contribution in [-0.2, 0) is 14.6 Å². The fourth-order valence-electron chi connectivity index (χ4n) is 2.57. The van der Waals surface area contributed by atoms with Crippen molar-refractivity contribution in [3.63, 3.8) is 0 Å². The second kappa shape index (κ2) is 9.51. The third kappa shape index (κ3) is 6.56. The highest BCUT2D eigenvalue weighted by Gasteiger charge is 2.24. The third-order valence-electron chi connectivity index (χ3n) is 4.19. The van der Waals surface area contributed by atoms with Crippen LogP contribution in [0.15, 0.2) is 42.5 Å². The maximum atomic E-state index is 13.7. The minimum atomic E-state index is -3.37. The summed E-state index contributed by atoms with van der Waals surface area (Å²) in [7, 11) is -1.96. The minimum absolute atomic E-state index is 0.139. The highest BCUT2D eigenvalue weighted by atomic mass is 32.2. The van der Waals surface area contributed by atoms with E-state index in [0.717, 1.165) is 12.3 Å². The van der Waals surface area contributed by atoms with Gasteiger partial charge in [0, 0.05) is 11.9 Å². The molecule has 1 atom stereocenters. The largest absolute Gasteiger partial charge is 0.496 e. The number of nitrogens with one attached hydrogen (secondary N) is 2. The summed E-state index contributed by atoms with van der Waals surface area (Å²) in [5, 5.41) is 5.05. The number of benzene rings is 2. The van der Waals surface area contributed by atoms with Gasteiger partial charge in [0.1, 0.15) is 27.4 Å². The normalized spacial score (nSPS) is 12.1. The fraction of sp³-hybridized carbons (Fsp3) is 0.300. The van der Waals surface area contributed by atoms with Gasteiger partial charge in [-0.15, -0.1) is 0 Å². The van der Waals surface area contributed by atoms with Crippen molar-refractivity contribution in [3.8, 4) is 5.75 Å². The molecule has 0 spiro atoms. The first-order chi connectivity index (χ1) is 13.6. The van der Waals surface area contributed by atoms with Gasteiger partial charge in [0.05, 0.1) is 18.4 Å². The SMILES string of the molecule is COc1ccccc1C(=O)N[C@H](CCS(C)(=O)=O)C(=O)Nc1ccc(C)c(F)c1. The van der Waals surface area contributed by atoms with Crippen LogP contribution in [0.4, 0.5) is 10.1 Å². The molecule has 156 valence electrons. The molecule has 2 amide bonds. The maximum Gasteiger partial charge on any atom is 0.255 e. The molecule has 0 aliphatic carbocycles. The third-order valence-corrected chi connectivity index (χ3v) is 5.17. The lowest BCUT2D eigenvalue weighted by molar-refractivity contribution is -0.118. The van der Waals surface area contributed by atoms with Crippen molar-refractivity contribution in [3.05, 3.63) is 59.4 Å². The highest BCUT2D eigenvalue weighted by molar-refractivity contribution is 7.90. The summed E-state index contributed by atoms with van der Waals surface area (Å²) in [5.74, 6) is -1.73. The molecule has 0 saturated carbocycles. The second-order valence-corrected chi connectivity index (χ2v) is 8.86. The molecule has 0 aliphatic rings. The van der Waals surface area contributed by atoms with Gasteiger partial charge in [-0.1, -0.05) is 18.2 Å². The molecule has 29 heavy (non-hydrogen) atoms. The number of halogens is 1. The van der Waals surface area contributed by atoms with Crippen LogP contribution in [0.2, 0.25) is 0 Å². The van der Waals surface area contributed by atoms with Gasteiger partial charge in [-0.05, 0) is 43.2 Å². The first-order valence-electron chi connectivity index (χ1n) is 8.79. The number of methoxy groups -OCH3 is 1. The summed E-state index contributed by atoms with van der Waals surface area (Å²) in [6.45, 7) is 1.59. The van der Waals surface area contributed by atoms with E-state index in [0.29, 0.717) is 11.3 Å². The Morgan fingerprint density at radius 1 is 1.17 bits per heavy atom. The number of hydrogen-bond acceptors (Lipinski definition) is 5. The van der Waals surface area contributed by atoms with Crippen LogP contribution in [0, 0.1) is 12.7 Å². The molecule has 0 heterocycles. The lowest BCUT2D eigenvalue weighted by Gasteiger charge is -2.19. The molecule has 7 nitrogen and oxygen atoms in total. The van der Waals surface area contributed by atoms with E-state index < -0.39 is 33.5 Å². The minimum Gasteiger partial charge on any atom is -0.496 e. The quantitative estimate of drug-likeness (QED) is 0.680. The highest BCUT2D eigenvalue weighted by Crippen LogP contribution is 2.18. The second-order valence-electron chi connectivity index (χ2n) is 6.60. The first kappa shape index (κ1) is 22.4. The lowest BCUT2D eigenvalue weighted by atomic mass is 10.1. The van der Waals surface area contributed by atoms with Crippen molar-refractivity contribution in [1.29, 1.82) is 0 Å². The standard InChI is InChI=1S/C20H23FN2O5S/c1-13-8-9-14(12-16(13)21)22-20(25)17(10-11-29(3,26)27)23-19(24)15-6-4-5-7-18(15)28-2/h4-9,12,17H,10-11H2,1-3H3,(H,22,25)(H,23,24)/t17-/m1/s1. The number of amides is 2. The number of ether oxygens (including phenoxy) is 1. The molecular formula is C20H23FN2O5S. The number of carbonyl (C=O) groups is 2. The molecule has 2 aromatic rings. The maximum absolute atomic E-state index is 13.7. The van der Waals surface area contributed by atoms with Crippen molar-refractivity contribution in [2.24, 2.45) is 0 Å². The smallest absolute Gasteiger partial charge is 0.255 e. The number of hydrogen-bond donors (Lipinski definition) is 2. The van der Waals surface area contributed by atoms with Crippen LogP contribution in [0.25, 0.3) is 0 Å². The first-order valence-corrected chi connectivity index (χ1v) is 10.9. The Hall–Kier alpha value is -2.94. The molecule has 2 N–H and O–H groups in total. The topological polar surface area (TPSA) is 102 Å². The molecule has 2 rings (SSSR count). The van der Waals surface area contributed by atoms with Crippen molar-refractivity contribution in [1.82, 2.24) is 5.32 Å². The number of carbonyl (C=O) groups excluding carboxylic acids is 2. The average molecular weight is 422 g/mol. The molecule has 9 heteroatoms. The van der Waals surface area contributed by atoms with E-state index in [1.54, 1.807) is 25.1 Å². The zero-order valence-electron chi connectivity index (χ0n) is 16.4. The van der Waals surface area contributed by atoms with Gasteiger partial charge >= 0.3 is 0 Å². The predicted octanol–water partition coefficient (Wildman–Crippen LogP) is 2.31.